The maximum atomic E-state index is 11.8. The lowest BCUT2D eigenvalue weighted by Crippen LogP contribution is -2.51. The summed E-state index contributed by atoms with van der Waals surface area (Å²) >= 11 is 3.17. The van der Waals surface area contributed by atoms with Gasteiger partial charge >= 0.3 is 6.09 Å². The molecule has 0 radical (unpaired) electrons. The van der Waals surface area contributed by atoms with Gasteiger partial charge in [0.15, 0.2) is 0 Å². The van der Waals surface area contributed by atoms with E-state index in [1.165, 1.54) is 5.01 Å². The summed E-state index contributed by atoms with van der Waals surface area (Å²) in [6.45, 7) is 7.41. The number of rotatable bonds is 4. The van der Waals surface area contributed by atoms with E-state index in [-0.39, 0.29) is 6.09 Å². The second-order valence-electron chi connectivity index (χ2n) is 5.28. The fourth-order valence-electron chi connectivity index (χ4n) is 1.55. The third-order valence-corrected chi connectivity index (χ3v) is 2.77. The molecule has 0 aromatic carbocycles. The number of amides is 1. The van der Waals surface area contributed by atoms with Crippen LogP contribution in [0.4, 0.5) is 4.79 Å². The van der Waals surface area contributed by atoms with Gasteiger partial charge in [0.2, 0.25) is 5.28 Å². The summed E-state index contributed by atoms with van der Waals surface area (Å²) in [6, 6.07) is 0. The van der Waals surface area contributed by atoms with Crippen molar-refractivity contribution in [3.63, 3.8) is 0 Å². The maximum Gasteiger partial charge on any atom is 0.410 e. The Kier molecular flexibility index (Phi) is 6.31. The molecule has 0 aliphatic carbocycles. The van der Waals surface area contributed by atoms with Crippen LogP contribution in [0.2, 0.25) is 0 Å². The molecule has 9 heteroatoms. The molecule has 0 bridgehead atoms. The maximum absolute atomic E-state index is 11.8. The van der Waals surface area contributed by atoms with Crippen LogP contribution in [0.1, 0.15) is 20.8 Å². The minimum atomic E-state index is -0.516. The summed E-state index contributed by atoms with van der Waals surface area (Å²) in [5.74, 6) is 0. The Hall–Kier alpha value is -1.25. The Morgan fingerprint density at radius 2 is 1.95 bits per heavy atom. The Bertz CT molecular complexity index is 351. The van der Waals surface area contributed by atoms with Gasteiger partial charge in [-0.15, -0.1) is 5.01 Å². The molecule has 0 unspecified atom stereocenters. The van der Waals surface area contributed by atoms with Crippen LogP contribution in [0.25, 0.3) is 0 Å². The van der Waals surface area contributed by atoms with Crippen LogP contribution in [0, 0.1) is 5.21 Å². The van der Waals surface area contributed by atoms with E-state index in [4.69, 9.17) is 9.57 Å². The fraction of sp³-hybridized carbons (Fsp3) is 0.909. The Balaban J connectivity index is 2.39. The zero-order valence-corrected chi connectivity index (χ0v) is 13.6. The minimum absolute atomic E-state index is 0.330. The van der Waals surface area contributed by atoms with E-state index in [0.29, 0.717) is 43.1 Å². The highest BCUT2D eigenvalue weighted by atomic mass is 79.9. The normalized spacial score (nSPS) is 17.1. The molecular formula is C11H21BrN4O4. The van der Waals surface area contributed by atoms with E-state index in [0.717, 1.165) is 0 Å². The van der Waals surface area contributed by atoms with Gasteiger partial charge in [-0.2, -0.15) is 0 Å². The highest BCUT2D eigenvalue weighted by Crippen LogP contribution is 2.11. The number of halogens is 1. The molecule has 0 aromatic rings. The number of alkyl halides is 1. The number of carbonyl (C=O) groups is 1. The van der Waals surface area contributed by atoms with Crippen molar-refractivity contribution < 1.29 is 19.3 Å². The average molecular weight is 353 g/mol. The van der Waals surface area contributed by atoms with E-state index >= 15 is 0 Å². The van der Waals surface area contributed by atoms with Gasteiger partial charge < -0.3 is 19.7 Å². The average Bonchev–Trinajstić information content (AvgIpc) is 2.37. The molecule has 0 atom stereocenters. The van der Waals surface area contributed by atoms with Crippen LogP contribution in [-0.4, -0.2) is 64.7 Å². The molecular weight excluding hydrogens is 332 g/mol. The second kappa shape index (κ2) is 7.51. The second-order valence-corrected chi connectivity index (χ2v) is 6.07. The quantitative estimate of drug-likeness (QED) is 0.253. The smallest absolute Gasteiger partial charge is 0.410 e. The van der Waals surface area contributed by atoms with Gasteiger partial charge in [-0.05, 0) is 20.8 Å². The van der Waals surface area contributed by atoms with Crippen molar-refractivity contribution >= 4 is 22.0 Å². The minimum Gasteiger partial charge on any atom is -0.569 e. The Labute approximate surface area is 126 Å². The standard InChI is InChI=1S/C11H21BrN4O4/c1-11(2,3)20-10(17)14-5-7-15(8-6-14)16(18)13-19-9-4-12/h4-9H2,1-3H3/b16-13-. The lowest BCUT2D eigenvalue weighted by atomic mass is 10.2. The monoisotopic (exact) mass is 352 g/mol. The van der Waals surface area contributed by atoms with Crippen molar-refractivity contribution in [1.29, 1.82) is 0 Å². The highest BCUT2D eigenvalue weighted by molar-refractivity contribution is 9.09. The third-order valence-electron chi connectivity index (χ3n) is 2.45. The number of carbonyl (C=O) groups excluding carboxylic acids is 1. The van der Waals surface area contributed by atoms with Crippen molar-refractivity contribution in [1.82, 2.24) is 9.91 Å². The third kappa shape index (κ3) is 5.81. The van der Waals surface area contributed by atoms with E-state index in [1.54, 1.807) is 4.90 Å². The number of nitrogens with zero attached hydrogens (tertiary/aromatic N) is 4. The van der Waals surface area contributed by atoms with Crippen LogP contribution in [0.3, 0.4) is 0 Å². The SMILES string of the molecule is CC(C)(C)OC(=O)N1CCN(/[N+]([O-])=N/OCCBr)CC1. The topological polar surface area (TPSA) is 80.4 Å². The van der Waals surface area contributed by atoms with Gasteiger partial charge in [-0.3, -0.25) is 0 Å². The highest BCUT2D eigenvalue weighted by Gasteiger charge is 2.28. The number of hydrazine groups is 1. The number of hydrogen-bond donors (Lipinski definition) is 0. The van der Waals surface area contributed by atoms with Crippen molar-refractivity contribution in [2.45, 2.75) is 26.4 Å². The first-order valence-corrected chi connectivity index (χ1v) is 7.54. The van der Waals surface area contributed by atoms with Gasteiger partial charge in [0.05, 0.1) is 18.1 Å². The molecule has 116 valence electrons. The first-order chi connectivity index (χ1) is 9.33. The summed E-state index contributed by atoms with van der Waals surface area (Å²) in [5, 5.41) is 17.1. The zero-order valence-electron chi connectivity index (χ0n) is 12.0. The Morgan fingerprint density at radius 3 is 2.45 bits per heavy atom. The molecule has 8 nitrogen and oxygen atoms in total. The Morgan fingerprint density at radius 1 is 1.35 bits per heavy atom. The summed E-state index contributed by atoms with van der Waals surface area (Å²) in [4.78, 5) is 18.6. The first kappa shape index (κ1) is 16.8. The fourth-order valence-corrected chi connectivity index (χ4v) is 1.70. The van der Waals surface area contributed by atoms with Crippen LogP contribution in [-0.2, 0) is 9.57 Å². The molecule has 1 aliphatic rings. The van der Waals surface area contributed by atoms with Gasteiger partial charge in [0.25, 0.3) is 0 Å². The summed E-state index contributed by atoms with van der Waals surface area (Å²) < 4.78 is 5.28. The van der Waals surface area contributed by atoms with Gasteiger partial charge in [0.1, 0.15) is 12.2 Å². The van der Waals surface area contributed by atoms with Crippen molar-refractivity contribution in [3.8, 4) is 0 Å². The van der Waals surface area contributed by atoms with Crippen LogP contribution in [0.15, 0.2) is 5.28 Å². The zero-order chi connectivity index (χ0) is 15.2. The molecule has 20 heavy (non-hydrogen) atoms. The lowest BCUT2D eigenvalue weighted by Gasteiger charge is -2.32. The van der Waals surface area contributed by atoms with E-state index in [2.05, 4.69) is 21.2 Å². The molecule has 1 amide bonds. The van der Waals surface area contributed by atoms with Gasteiger partial charge in [-0.25, -0.2) is 4.79 Å². The van der Waals surface area contributed by atoms with Crippen LogP contribution < -0.4 is 0 Å². The summed E-state index contributed by atoms with van der Waals surface area (Å²) in [7, 11) is 0. The van der Waals surface area contributed by atoms with E-state index in [1.807, 2.05) is 20.8 Å². The summed E-state index contributed by atoms with van der Waals surface area (Å²) in [5.41, 5.74) is -0.516. The number of piperazine rings is 1. The van der Waals surface area contributed by atoms with Gasteiger partial charge in [0, 0.05) is 18.4 Å². The van der Waals surface area contributed by atoms with Crippen LogP contribution in [0.5, 0.6) is 0 Å². The molecule has 0 N–H and O–H groups in total. The predicted molar refractivity (Wildman–Crippen MR) is 75.2 cm³/mol. The molecule has 1 heterocycles. The lowest BCUT2D eigenvalue weighted by molar-refractivity contribution is -0.712. The van der Waals surface area contributed by atoms with E-state index in [9.17, 15) is 10.0 Å². The van der Waals surface area contributed by atoms with Gasteiger partial charge in [-0.1, -0.05) is 15.9 Å². The molecule has 0 spiro atoms. The van der Waals surface area contributed by atoms with Crippen molar-refractivity contribution in [3.05, 3.63) is 5.21 Å². The van der Waals surface area contributed by atoms with Crippen molar-refractivity contribution in [2.24, 2.45) is 5.28 Å². The molecule has 0 aromatic heterocycles. The number of hydrogen-bond acceptors (Lipinski definition) is 5. The molecule has 1 saturated heterocycles. The van der Waals surface area contributed by atoms with Crippen molar-refractivity contribution in [2.75, 3.05) is 38.1 Å². The first-order valence-electron chi connectivity index (χ1n) is 6.42. The number of ether oxygens (including phenoxy) is 1. The largest absolute Gasteiger partial charge is 0.569 e. The van der Waals surface area contributed by atoms with Crippen LogP contribution >= 0.6 is 15.9 Å². The molecule has 1 aliphatic heterocycles. The molecule has 0 saturated carbocycles. The molecule has 1 fully saturated rings. The predicted octanol–water partition coefficient (Wildman–Crippen LogP) is 1.74. The van der Waals surface area contributed by atoms with E-state index < -0.39 is 5.60 Å². The summed E-state index contributed by atoms with van der Waals surface area (Å²) in [6.07, 6.45) is -0.359. The molecule has 1 rings (SSSR count).